The van der Waals surface area contributed by atoms with Crippen LogP contribution in [0.1, 0.15) is 19.4 Å². The third-order valence-corrected chi connectivity index (χ3v) is 4.40. The van der Waals surface area contributed by atoms with Crippen molar-refractivity contribution in [3.05, 3.63) is 56.1 Å². The lowest BCUT2D eigenvalue weighted by molar-refractivity contribution is -0.152. The van der Waals surface area contributed by atoms with Crippen LogP contribution in [-0.2, 0) is 16.0 Å². The minimum Gasteiger partial charge on any atom is -0.478 e. The Hall–Kier alpha value is -1.61. The molecule has 2 aromatic carbocycles. The summed E-state index contributed by atoms with van der Waals surface area (Å²) < 4.78 is 7.36. The van der Waals surface area contributed by atoms with Gasteiger partial charge in [0.15, 0.2) is 5.60 Å². The van der Waals surface area contributed by atoms with Gasteiger partial charge in [-0.25, -0.2) is 4.79 Å². The fraction of sp³-hybridized carbons (Fsp3) is 0.222. The number of anilines is 1. The summed E-state index contributed by atoms with van der Waals surface area (Å²) in [7, 11) is 0. The van der Waals surface area contributed by atoms with E-state index in [1.54, 1.807) is 24.3 Å². The molecule has 0 aliphatic carbocycles. The third-order valence-electron chi connectivity index (χ3n) is 3.32. The van der Waals surface area contributed by atoms with Crippen molar-refractivity contribution in [1.29, 1.82) is 0 Å². The van der Waals surface area contributed by atoms with Gasteiger partial charge in [0.05, 0.1) is 6.42 Å². The zero-order valence-electron chi connectivity index (χ0n) is 13.7. The summed E-state index contributed by atoms with van der Waals surface area (Å²) in [5.74, 6) is -0.730. The molecule has 0 unspecified atom stereocenters. The number of carbonyl (C=O) groups excluding carboxylic acids is 1. The van der Waals surface area contributed by atoms with Crippen LogP contribution >= 0.6 is 38.5 Å². The highest BCUT2D eigenvalue weighted by Gasteiger charge is 2.29. The van der Waals surface area contributed by atoms with Crippen LogP contribution in [0.25, 0.3) is 0 Å². The van der Waals surface area contributed by atoms with Gasteiger partial charge in [0.1, 0.15) is 5.75 Å². The molecule has 5 nitrogen and oxygen atoms in total. The van der Waals surface area contributed by atoms with E-state index in [4.69, 9.17) is 9.84 Å². The second-order valence-electron chi connectivity index (χ2n) is 5.94. The zero-order valence-corrected chi connectivity index (χ0v) is 17.4. The average molecular weight is 518 g/mol. The van der Waals surface area contributed by atoms with Crippen molar-refractivity contribution in [2.24, 2.45) is 0 Å². The summed E-state index contributed by atoms with van der Waals surface area (Å²) in [4.78, 5) is 23.2. The molecule has 1 amide bonds. The predicted molar refractivity (Wildman–Crippen MR) is 108 cm³/mol. The molecule has 0 aliphatic rings. The van der Waals surface area contributed by atoms with E-state index in [-0.39, 0.29) is 12.3 Å². The molecular weight excluding hydrogens is 501 g/mol. The molecule has 0 saturated carbocycles. The first kappa shape index (κ1) is 19.7. The van der Waals surface area contributed by atoms with Crippen LogP contribution in [0, 0.1) is 3.57 Å². The predicted octanol–water partition coefficient (Wildman–Crippen LogP) is 4.48. The van der Waals surface area contributed by atoms with Gasteiger partial charge in [-0.1, -0.05) is 28.1 Å². The summed E-state index contributed by atoms with van der Waals surface area (Å²) in [5.41, 5.74) is 0.228. The van der Waals surface area contributed by atoms with Gasteiger partial charge in [0.25, 0.3) is 0 Å². The molecule has 2 N–H and O–H groups in total. The van der Waals surface area contributed by atoms with Gasteiger partial charge in [-0.2, -0.15) is 0 Å². The third kappa shape index (κ3) is 6.00. The highest BCUT2D eigenvalue weighted by Crippen LogP contribution is 2.22. The van der Waals surface area contributed by atoms with Crippen LogP contribution in [0.3, 0.4) is 0 Å². The highest BCUT2D eigenvalue weighted by atomic mass is 127. The van der Waals surface area contributed by atoms with Crippen LogP contribution in [0.2, 0.25) is 0 Å². The quantitative estimate of drug-likeness (QED) is 0.554. The lowest BCUT2D eigenvalue weighted by atomic mass is 10.1. The molecule has 0 atom stereocenters. The Morgan fingerprint density at radius 2 is 1.84 bits per heavy atom. The Balaban J connectivity index is 1.98. The Morgan fingerprint density at radius 1 is 1.20 bits per heavy atom. The van der Waals surface area contributed by atoms with E-state index >= 15 is 0 Å². The number of ether oxygens (including phenoxy) is 1. The maximum Gasteiger partial charge on any atom is 0.347 e. The van der Waals surface area contributed by atoms with Crippen LogP contribution in [0.5, 0.6) is 5.75 Å². The van der Waals surface area contributed by atoms with Crippen molar-refractivity contribution >= 4 is 56.1 Å². The number of amides is 1. The number of hydrogen-bond donors (Lipinski definition) is 2. The number of carboxylic acids is 1. The minimum absolute atomic E-state index is 0.131. The minimum atomic E-state index is -1.31. The van der Waals surface area contributed by atoms with E-state index in [0.29, 0.717) is 5.75 Å². The van der Waals surface area contributed by atoms with E-state index < -0.39 is 11.6 Å². The Kier molecular flexibility index (Phi) is 6.45. The van der Waals surface area contributed by atoms with Crippen molar-refractivity contribution in [1.82, 2.24) is 0 Å². The number of aliphatic carboxylic acids is 1. The van der Waals surface area contributed by atoms with Gasteiger partial charge in [-0.05, 0) is 72.3 Å². The number of nitrogens with one attached hydrogen (secondary N) is 1. The smallest absolute Gasteiger partial charge is 0.347 e. The lowest BCUT2D eigenvalue weighted by Crippen LogP contribution is -2.37. The molecule has 132 valence electrons. The molecule has 7 heteroatoms. The van der Waals surface area contributed by atoms with Gasteiger partial charge < -0.3 is 15.2 Å². The molecule has 0 heterocycles. The zero-order chi connectivity index (χ0) is 18.6. The number of benzene rings is 2. The topological polar surface area (TPSA) is 75.6 Å². The van der Waals surface area contributed by atoms with Gasteiger partial charge in [0, 0.05) is 13.7 Å². The first-order chi connectivity index (χ1) is 11.7. The molecule has 0 fully saturated rings. The number of rotatable bonds is 6. The molecular formula is C18H17BrINO4. The monoisotopic (exact) mass is 517 g/mol. The van der Waals surface area contributed by atoms with Crippen LogP contribution in [-0.4, -0.2) is 22.6 Å². The van der Waals surface area contributed by atoms with E-state index in [0.717, 1.165) is 19.3 Å². The van der Waals surface area contributed by atoms with Crippen LogP contribution in [0.15, 0.2) is 46.9 Å². The van der Waals surface area contributed by atoms with Crippen molar-refractivity contribution in [2.75, 3.05) is 5.32 Å². The maximum atomic E-state index is 12.2. The molecule has 0 bridgehead atoms. The first-order valence-corrected chi connectivity index (χ1v) is 9.30. The second kappa shape index (κ2) is 8.18. The molecule has 0 radical (unpaired) electrons. The van der Waals surface area contributed by atoms with Gasteiger partial charge in [-0.15, -0.1) is 0 Å². The number of carbonyl (C=O) groups is 2. The molecule has 0 saturated heterocycles. The molecule has 25 heavy (non-hydrogen) atoms. The lowest BCUT2D eigenvalue weighted by Gasteiger charge is -2.21. The second-order valence-corrected chi connectivity index (χ2v) is 8.11. The van der Waals surface area contributed by atoms with Crippen molar-refractivity contribution in [3.63, 3.8) is 0 Å². The molecule has 2 aromatic rings. The average Bonchev–Trinajstić information content (AvgIpc) is 2.47. The van der Waals surface area contributed by atoms with Crippen molar-refractivity contribution < 1.29 is 19.4 Å². The fourth-order valence-corrected chi connectivity index (χ4v) is 3.62. The summed E-state index contributed by atoms with van der Waals surface area (Å²) in [6, 6.07) is 12.5. The Morgan fingerprint density at radius 3 is 2.40 bits per heavy atom. The van der Waals surface area contributed by atoms with Crippen molar-refractivity contribution in [2.45, 2.75) is 25.9 Å². The summed E-state index contributed by atoms with van der Waals surface area (Å²) in [5, 5.41) is 11.9. The molecule has 2 rings (SSSR count). The molecule has 0 spiro atoms. The highest BCUT2D eigenvalue weighted by molar-refractivity contribution is 14.1. The summed E-state index contributed by atoms with van der Waals surface area (Å²) >= 11 is 5.58. The van der Waals surface area contributed by atoms with E-state index in [1.165, 1.54) is 13.8 Å². The van der Waals surface area contributed by atoms with Crippen molar-refractivity contribution in [3.8, 4) is 5.75 Å². The number of carboxylic acid groups (broad SMARTS) is 1. The molecule has 0 aliphatic heterocycles. The Labute approximate surface area is 168 Å². The van der Waals surface area contributed by atoms with Crippen LogP contribution in [0.4, 0.5) is 5.69 Å². The summed E-state index contributed by atoms with van der Waals surface area (Å²) in [6.07, 6.45) is 0.214. The fourth-order valence-electron chi connectivity index (χ4n) is 2.03. The summed E-state index contributed by atoms with van der Waals surface area (Å²) in [6.45, 7) is 2.96. The maximum absolute atomic E-state index is 12.2. The van der Waals surface area contributed by atoms with Gasteiger partial charge in [-0.3, -0.25) is 4.79 Å². The van der Waals surface area contributed by atoms with Crippen LogP contribution < -0.4 is 10.1 Å². The normalized spacial score (nSPS) is 11.0. The van der Waals surface area contributed by atoms with E-state index in [2.05, 4.69) is 43.8 Å². The standard InChI is InChI=1S/C18H17BrINO4/c1-18(2,17(23)24)25-15-5-3-11(4-6-15)7-16(22)21-14-9-12(19)8-13(20)10-14/h3-6,8-10H,7H2,1-2H3,(H,21,22)(H,23,24). The SMILES string of the molecule is CC(C)(Oc1ccc(CC(=O)Nc2cc(Br)cc(I)c2)cc1)C(=O)O. The number of hydrogen-bond acceptors (Lipinski definition) is 3. The Bertz CT molecular complexity index is 770. The van der Waals surface area contributed by atoms with E-state index in [1.807, 2.05) is 18.2 Å². The van der Waals surface area contributed by atoms with E-state index in [9.17, 15) is 9.59 Å². The first-order valence-electron chi connectivity index (χ1n) is 7.43. The van der Waals surface area contributed by atoms with Gasteiger partial charge >= 0.3 is 5.97 Å². The molecule has 0 aromatic heterocycles. The largest absolute Gasteiger partial charge is 0.478 e. The van der Waals surface area contributed by atoms with Gasteiger partial charge in [0.2, 0.25) is 5.91 Å². The number of halogens is 2.